The minimum absolute atomic E-state index is 0.0610. The van der Waals surface area contributed by atoms with Gasteiger partial charge >= 0.3 is 0 Å². The molecule has 1 aromatic rings. The lowest BCUT2D eigenvalue weighted by Crippen LogP contribution is -2.15. The Bertz CT molecular complexity index is 323. The molecular formula is C12H17NO. The third-order valence-corrected chi connectivity index (χ3v) is 2.30. The van der Waals surface area contributed by atoms with E-state index in [1.54, 1.807) is 0 Å². The fraction of sp³-hybridized carbons (Fsp3) is 0.583. The van der Waals surface area contributed by atoms with Crippen molar-refractivity contribution in [1.29, 1.82) is 0 Å². The van der Waals surface area contributed by atoms with Crippen molar-refractivity contribution in [2.24, 2.45) is 0 Å². The molecule has 2 nitrogen and oxygen atoms in total. The van der Waals surface area contributed by atoms with E-state index in [-0.39, 0.29) is 5.41 Å². The lowest BCUT2D eigenvalue weighted by molar-refractivity contribution is 0.292. The van der Waals surface area contributed by atoms with Crippen molar-refractivity contribution >= 4 is 0 Å². The number of aromatic nitrogens is 1. The topological polar surface area (TPSA) is 22.1 Å². The molecule has 1 saturated carbocycles. The normalized spacial score (nSPS) is 16.8. The van der Waals surface area contributed by atoms with E-state index >= 15 is 0 Å². The van der Waals surface area contributed by atoms with Gasteiger partial charge in [-0.05, 0) is 25.0 Å². The first-order valence-electron chi connectivity index (χ1n) is 5.19. The fourth-order valence-corrected chi connectivity index (χ4v) is 1.41. The molecule has 1 aliphatic carbocycles. The summed E-state index contributed by atoms with van der Waals surface area (Å²) in [6.07, 6.45) is 4.66. The van der Waals surface area contributed by atoms with Crippen LogP contribution in [0.2, 0.25) is 0 Å². The number of hydrogen-bond donors (Lipinski definition) is 0. The van der Waals surface area contributed by atoms with Gasteiger partial charge in [-0.1, -0.05) is 20.8 Å². The number of nitrogens with zero attached hydrogens (tertiary/aromatic N) is 1. The van der Waals surface area contributed by atoms with Gasteiger partial charge in [0.1, 0.15) is 5.75 Å². The van der Waals surface area contributed by atoms with Crippen molar-refractivity contribution in [3.63, 3.8) is 0 Å². The summed E-state index contributed by atoms with van der Waals surface area (Å²) in [6.45, 7) is 6.49. The molecule has 1 heterocycles. The van der Waals surface area contributed by atoms with Crippen LogP contribution in [-0.4, -0.2) is 11.1 Å². The maximum atomic E-state index is 5.82. The molecule has 1 fully saturated rings. The van der Waals surface area contributed by atoms with Crippen LogP contribution in [0.5, 0.6) is 5.75 Å². The Morgan fingerprint density at radius 3 is 2.64 bits per heavy atom. The summed E-state index contributed by atoms with van der Waals surface area (Å²) >= 11 is 0. The molecule has 0 aliphatic heterocycles. The predicted molar refractivity (Wildman–Crippen MR) is 56.6 cm³/mol. The largest absolute Gasteiger partial charge is 0.488 e. The zero-order chi connectivity index (χ0) is 10.2. The van der Waals surface area contributed by atoms with Crippen molar-refractivity contribution < 1.29 is 4.74 Å². The van der Waals surface area contributed by atoms with Crippen molar-refractivity contribution in [2.75, 3.05) is 0 Å². The summed E-state index contributed by atoms with van der Waals surface area (Å²) < 4.78 is 5.82. The smallest absolute Gasteiger partial charge is 0.141 e. The van der Waals surface area contributed by atoms with E-state index in [1.165, 1.54) is 12.8 Å². The molecule has 2 heteroatoms. The molecule has 1 aliphatic rings. The summed E-state index contributed by atoms with van der Waals surface area (Å²) in [5.41, 5.74) is 1.12. The molecule has 0 saturated heterocycles. The Morgan fingerprint density at radius 2 is 2.07 bits per heavy atom. The van der Waals surface area contributed by atoms with Crippen LogP contribution in [0, 0.1) is 0 Å². The molecule has 0 radical (unpaired) electrons. The van der Waals surface area contributed by atoms with Crippen LogP contribution in [0.25, 0.3) is 0 Å². The van der Waals surface area contributed by atoms with Gasteiger partial charge in [-0.2, -0.15) is 0 Å². The fourth-order valence-electron chi connectivity index (χ4n) is 1.41. The molecule has 0 amide bonds. The quantitative estimate of drug-likeness (QED) is 0.717. The zero-order valence-electron chi connectivity index (χ0n) is 9.08. The summed E-state index contributed by atoms with van der Waals surface area (Å²) in [4.78, 5) is 4.41. The van der Waals surface area contributed by atoms with E-state index in [0.717, 1.165) is 11.4 Å². The Kier molecular flexibility index (Phi) is 2.22. The van der Waals surface area contributed by atoms with Crippen LogP contribution < -0.4 is 4.74 Å². The molecule has 14 heavy (non-hydrogen) atoms. The predicted octanol–water partition coefficient (Wildman–Crippen LogP) is 2.92. The lowest BCUT2D eigenvalue weighted by atomic mass is 9.91. The van der Waals surface area contributed by atoms with Gasteiger partial charge in [0, 0.05) is 11.6 Å². The van der Waals surface area contributed by atoms with Crippen LogP contribution >= 0.6 is 0 Å². The molecule has 76 valence electrons. The lowest BCUT2D eigenvalue weighted by Gasteiger charge is -2.20. The number of ether oxygens (including phenoxy) is 1. The van der Waals surface area contributed by atoms with Crippen molar-refractivity contribution in [1.82, 2.24) is 4.98 Å². The second kappa shape index (κ2) is 3.26. The monoisotopic (exact) mass is 191 g/mol. The molecular weight excluding hydrogens is 174 g/mol. The van der Waals surface area contributed by atoms with Crippen molar-refractivity contribution in [3.05, 3.63) is 24.0 Å². The molecule has 1 aromatic heterocycles. The third kappa shape index (κ3) is 2.06. The molecule has 0 spiro atoms. The van der Waals surface area contributed by atoms with Gasteiger partial charge in [-0.25, -0.2) is 0 Å². The molecule has 0 N–H and O–H groups in total. The van der Waals surface area contributed by atoms with Crippen LogP contribution in [0.15, 0.2) is 18.3 Å². The van der Waals surface area contributed by atoms with Gasteiger partial charge in [0.2, 0.25) is 0 Å². The summed E-state index contributed by atoms with van der Waals surface area (Å²) in [5, 5.41) is 0. The maximum Gasteiger partial charge on any atom is 0.141 e. The maximum absolute atomic E-state index is 5.82. The van der Waals surface area contributed by atoms with Crippen molar-refractivity contribution in [3.8, 4) is 5.75 Å². The van der Waals surface area contributed by atoms with E-state index in [2.05, 4.69) is 25.8 Å². The van der Waals surface area contributed by atoms with Gasteiger partial charge < -0.3 is 4.74 Å². The highest BCUT2D eigenvalue weighted by molar-refractivity contribution is 5.32. The first-order chi connectivity index (χ1) is 6.57. The van der Waals surface area contributed by atoms with Gasteiger partial charge in [0.25, 0.3) is 0 Å². The van der Waals surface area contributed by atoms with Crippen LogP contribution in [-0.2, 0) is 5.41 Å². The Morgan fingerprint density at radius 1 is 1.36 bits per heavy atom. The summed E-state index contributed by atoms with van der Waals surface area (Å²) in [6, 6.07) is 3.96. The van der Waals surface area contributed by atoms with Crippen LogP contribution in [0.4, 0.5) is 0 Å². The summed E-state index contributed by atoms with van der Waals surface area (Å²) in [7, 11) is 0. The van der Waals surface area contributed by atoms with E-state index in [1.807, 2.05) is 18.3 Å². The standard InChI is InChI=1S/C12H17NO/c1-12(2,3)11-10(5-4-8-13-11)14-9-6-7-9/h4-5,8-9H,6-7H2,1-3H3. The third-order valence-electron chi connectivity index (χ3n) is 2.30. The second-order valence-electron chi connectivity index (χ2n) is 4.92. The van der Waals surface area contributed by atoms with E-state index < -0.39 is 0 Å². The SMILES string of the molecule is CC(C)(C)c1ncccc1OC1CC1. The highest BCUT2D eigenvalue weighted by Gasteiger charge is 2.27. The van der Waals surface area contributed by atoms with E-state index in [0.29, 0.717) is 6.10 Å². The summed E-state index contributed by atoms with van der Waals surface area (Å²) in [5.74, 6) is 0.961. The zero-order valence-corrected chi connectivity index (χ0v) is 9.08. The number of pyridine rings is 1. The van der Waals surface area contributed by atoms with Gasteiger partial charge in [-0.3, -0.25) is 4.98 Å². The highest BCUT2D eigenvalue weighted by atomic mass is 16.5. The van der Waals surface area contributed by atoms with Crippen LogP contribution in [0.1, 0.15) is 39.3 Å². The highest BCUT2D eigenvalue weighted by Crippen LogP contribution is 2.33. The number of rotatable bonds is 2. The van der Waals surface area contributed by atoms with E-state index in [9.17, 15) is 0 Å². The molecule has 2 rings (SSSR count). The second-order valence-corrected chi connectivity index (χ2v) is 4.92. The van der Waals surface area contributed by atoms with Gasteiger partial charge in [-0.15, -0.1) is 0 Å². The average molecular weight is 191 g/mol. The first-order valence-corrected chi connectivity index (χ1v) is 5.19. The van der Waals surface area contributed by atoms with E-state index in [4.69, 9.17) is 4.74 Å². The van der Waals surface area contributed by atoms with Crippen molar-refractivity contribution in [2.45, 2.75) is 45.1 Å². The Hall–Kier alpha value is -1.05. The van der Waals surface area contributed by atoms with Gasteiger partial charge in [0.05, 0.1) is 11.8 Å². The average Bonchev–Trinajstić information content (AvgIpc) is 2.87. The van der Waals surface area contributed by atoms with Gasteiger partial charge in [0.15, 0.2) is 0 Å². The molecule has 0 atom stereocenters. The number of hydrogen-bond acceptors (Lipinski definition) is 2. The minimum atomic E-state index is 0.0610. The Balaban J connectivity index is 2.27. The molecule has 0 bridgehead atoms. The minimum Gasteiger partial charge on any atom is -0.488 e. The molecule has 0 aromatic carbocycles. The molecule has 0 unspecified atom stereocenters. The van der Waals surface area contributed by atoms with Crippen LogP contribution in [0.3, 0.4) is 0 Å². The Labute approximate surface area is 85.3 Å². The first kappa shape index (κ1) is 9.50.